The second kappa shape index (κ2) is 9.01. The van der Waals surface area contributed by atoms with Crippen LogP contribution in [0.25, 0.3) is 0 Å². The molecule has 0 radical (unpaired) electrons. The number of hydrogen-bond acceptors (Lipinski definition) is 4. The molecule has 27 heavy (non-hydrogen) atoms. The third kappa shape index (κ3) is 6.37. The van der Waals surface area contributed by atoms with Gasteiger partial charge in [-0.3, -0.25) is 13.9 Å². The van der Waals surface area contributed by atoms with Crippen LogP contribution in [-0.4, -0.2) is 39.5 Å². The van der Waals surface area contributed by atoms with Crippen molar-refractivity contribution >= 4 is 39.0 Å². The smallest absolute Gasteiger partial charge is 0.240 e. The molecule has 2 aromatic rings. The van der Waals surface area contributed by atoms with E-state index in [2.05, 4.69) is 5.32 Å². The fourth-order valence-electron chi connectivity index (χ4n) is 2.46. The number of carbonyl (C=O) groups excluding carboxylic acids is 2. The van der Waals surface area contributed by atoms with E-state index in [0.717, 1.165) is 16.1 Å². The Morgan fingerprint density at radius 1 is 1.11 bits per heavy atom. The predicted octanol–water partition coefficient (Wildman–Crippen LogP) is 2.67. The van der Waals surface area contributed by atoms with Crippen molar-refractivity contribution in [2.75, 3.05) is 23.7 Å². The van der Waals surface area contributed by atoms with Gasteiger partial charge in [0.2, 0.25) is 15.9 Å². The van der Waals surface area contributed by atoms with E-state index in [-0.39, 0.29) is 18.0 Å². The standard InChI is InChI=1S/C19H21ClN2O4S/c1-14(23)16-4-3-5-18(12-16)22(27(2,25)26)13-19(24)21-11-10-15-6-8-17(20)9-7-15/h3-9,12H,10-11,13H2,1-2H3,(H,21,24). The molecule has 144 valence electrons. The number of benzene rings is 2. The quantitative estimate of drug-likeness (QED) is 0.680. The monoisotopic (exact) mass is 408 g/mol. The highest BCUT2D eigenvalue weighted by Gasteiger charge is 2.21. The largest absolute Gasteiger partial charge is 0.354 e. The summed E-state index contributed by atoms with van der Waals surface area (Å²) in [5.74, 6) is -0.611. The molecule has 2 aromatic carbocycles. The van der Waals surface area contributed by atoms with Crippen molar-refractivity contribution in [2.24, 2.45) is 0 Å². The number of carbonyl (C=O) groups is 2. The third-order valence-corrected chi connectivity index (χ3v) is 5.27. The van der Waals surface area contributed by atoms with Crippen LogP contribution in [0, 0.1) is 0 Å². The molecule has 1 amide bonds. The Balaban J connectivity index is 2.03. The highest BCUT2D eigenvalue weighted by Crippen LogP contribution is 2.19. The molecular formula is C19H21ClN2O4S. The summed E-state index contributed by atoms with van der Waals surface area (Å²) in [6, 6.07) is 13.5. The van der Waals surface area contributed by atoms with E-state index in [1.165, 1.54) is 13.0 Å². The summed E-state index contributed by atoms with van der Waals surface area (Å²) in [4.78, 5) is 23.8. The second-order valence-electron chi connectivity index (χ2n) is 6.10. The summed E-state index contributed by atoms with van der Waals surface area (Å²) >= 11 is 5.83. The molecule has 0 saturated heterocycles. The maximum absolute atomic E-state index is 12.2. The van der Waals surface area contributed by atoms with Gasteiger partial charge in [-0.2, -0.15) is 0 Å². The predicted molar refractivity (Wildman–Crippen MR) is 107 cm³/mol. The van der Waals surface area contributed by atoms with Crippen LogP contribution in [0.5, 0.6) is 0 Å². The Morgan fingerprint density at radius 2 is 1.78 bits per heavy atom. The van der Waals surface area contributed by atoms with Gasteiger partial charge in [0.1, 0.15) is 6.54 Å². The first-order chi connectivity index (χ1) is 12.7. The number of Topliss-reactive ketones (excluding diaryl/α,β-unsaturated/α-hetero) is 1. The second-order valence-corrected chi connectivity index (χ2v) is 8.45. The van der Waals surface area contributed by atoms with Gasteiger partial charge in [-0.15, -0.1) is 0 Å². The number of sulfonamides is 1. The maximum atomic E-state index is 12.2. The molecule has 2 rings (SSSR count). The van der Waals surface area contributed by atoms with E-state index < -0.39 is 15.9 Å². The van der Waals surface area contributed by atoms with E-state index in [0.29, 0.717) is 23.6 Å². The minimum atomic E-state index is -3.69. The Morgan fingerprint density at radius 3 is 2.37 bits per heavy atom. The fourth-order valence-corrected chi connectivity index (χ4v) is 3.44. The lowest BCUT2D eigenvalue weighted by atomic mass is 10.1. The molecule has 0 fully saturated rings. The molecule has 8 heteroatoms. The van der Waals surface area contributed by atoms with Gasteiger partial charge in [0.25, 0.3) is 0 Å². The van der Waals surface area contributed by atoms with Crippen LogP contribution >= 0.6 is 11.6 Å². The number of ketones is 1. The molecule has 0 unspecified atom stereocenters. The summed E-state index contributed by atoms with van der Waals surface area (Å²) in [7, 11) is -3.69. The highest BCUT2D eigenvalue weighted by atomic mass is 35.5. The molecular weight excluding hydrogens is 388 g/mol. The lowest BCUT2D eigenvalue weighted by Crippen LogP contribution is -2.41. The number of hydrogen-bond donors (Lipinski definition) is 1. The maximum Gasteiger partial charge on any atom is 0.240 e. The van der Waals surface area contributed by atoms with E-state index in [4.69, 9.17) is 11.6 Å². The summed E-state index contributed by atoms with van der Waals surface area (Å²) in [5.41, 5.74) is 1.66. The molecule has 0 heterocycles. The minimum Gasteiger partial charge on any atom is -0.354 e. The number of anilines is 1. The van der Waals surface area contributed by atoms with Crippen LogP contribution in [-0.2, 0) is 21.2 Å². The Bertz CT molecular complexity index is 927. The molecule has 6 nitrogen and oxygen atoms in total. The Hall–Kier alpha value is -2.38. The zero-order valence-electron chi connectivity index (χ0n) is 15.1. The average molecular weight is 409 g/mol. The SMILES string of the molecule is CC(=O)c1cccc(N(CC(=O)NCCc2ccc(Cl)cc2)S(C)(=O)=O)c1. The van der Waals surface area contributed by atoms with Crippen molar-refractivity contribution < 1.29 is 18.0 Å². The number of nitrogens with one attached hydrogen (secondary N) is 1. The zero-order chi connectivity index (χ0) is 20.0. The topological polar surface area (TPSA) is 83.6 Å². The van der Waals surface area contributed by atoms with Crippen molar-refractivity contribution in [3.05, 3.63) is 64.7 Å². The van der Waals surface area contributed by atoms with Crippen LogP contribution < -0.4 is 9.62 Å². The Labute approximate surface area is 164 Å². The normalized spacial score (nSPS) is 11.1. The van der Waals surface area contributed by atoms with Crippen LogP contribution in [0.3, 0.4) is 0 Å². The van der Waals surface area contributed by atoms with Crippen LogP contribution in [0.4, 0.5) is 5.69 Å². The molecule has 1 N–H and O–H groups in total. The van der Waals surface area contributed by atoms with Gasteiger partial charge in [-0.1, -0.05) is 35.9 Å². The molecule has 0 spiro atoms. The van der Waals surface area contributed by atoms with Gasteiger partial charge in [0, 0.05) is 17.1 Å². The van der Waals surface area contributed by atoms with E-state index in [9.17, 15) is 18.0 Å². The first-order valence-electron chi connectivity index (χ1n) is 8.26. The van der Waals surface area contributed by atoms with Crippen molar-refractivity contribution in [3.63, 3.8) is 0 Å². The van der Waals surface area contributed by atoms with E-state index in [1.54, 1.807) is 30.3 Å². The number of amides is 1. The summed E-state index contributed by atoms with van der Waals surface area (Å²) < 4.78 is 25.2. The van der Waals surface area contributed by atoms with Gasteiger partial charge in [0.05, 0.1) is 11.9 Å². The number of rotatable bonds is 8. The van der Waals surface area contributed by atoms with Gasteiger partial charge in [-0.05, 0) is 43.2 Å². The minimum absolute atomic E-state index is 0.183. The van der Waals surface area contributed by atoms with Gasteiger partial charge >= 0.3 is 0 Å². The number of nitrogens with zero attached hydrogens (tertiary/aromatic N) is 1. The van der Waals surface area contributed by atoms with Crippen molar-refractivity contribution in [3.8, 4) is 0 Å². The van der Waals surface area contributed by atoms with Gasteiger partial charge < -0.3 is 5.32 Å². The van der Waals surface area contributed by atoms with E-state index >= 15 is 0 Å². The van der Waals surface area contributed by atoms with Crippen molar-refractivity contribution in [1.82, 2.24) is 5.32 Å². The fraction of sp³-hybridized carbons (Fsp3) is 0.263. The zero-order valence-corrected chi connectivity index (χ0v) is 16.7. The summed E-state index contributed by atoms with van der Waals surface area (Å²) in [6.07, 6.45) is 1.62. The van der Waals surface area contributed by atoms with Crippen LogP contribution in [0.1, 0.15) is 22.8 Å². The van der Waals surface area contributed by atoms with Crippen molar-refractivity contribution in [2.45, 2.75) is 13.3 Å². The average Bonchev–Trinajstić information content (AvgIpc) is 2.60. The third-order valence-electron chi connectivity index (χ3n) is 3.88. The van der Waals surface area contributed by atoms with Crippen molar-refractivity contribution in [1.29, 1.82) is 0 Å². The molecule has 0 aromatic heterocycles. The summed E-state index contributed by atoms with van der Waals surface area (Å²) in [5, 5.41) is 3.35. The molecule has 0 aliphatic carbocycles. The van der Waals surface area contributed by atoms with Crippen LogP contribution in [0.2, 0.25) is 5.02 Å². The highest BCUT2D eigenvalue weighted by molar-refractivity contribution is 7.92. The van der Waals surface area contributed by atoms with Crippen LogP contribution in [0.15, 0.2) is 48.5 Å². The first-order valence-corrected chi connectivity index (χ1v) is 10.5. The molecule has 0 saturated carbocycles. The molecule has 0 aliphatic heterocycles. The molecule has 0 atom stereocenters. The first kappa shape index (κ1) is 20.9. The Kier molecular flexibility index (Phi) is 6.98. The number of halogens is 1. The van der Waals surface area contributed by atoms with E-state index in [1.807, 2.05) is 12.1 Å². The molecule has 0 bridgehead atoms. The van der Waals surface area contributed by atoms with Gasteiger partial charge in [-0.25, -0.2) is 8.42 Å². The van der Waals surface area contributed by atoms with Gasteiger partial charge in [0.15, 0.2) is 5.78 Å². The molecule has 0 aliphatic rings. The lowest BCUT2D eigenvalue weighted by molar-refractivity contribution is -0.119. The summed E-state index contributed by atoms with van der Waals surface area (Å²) in [6.45, 7) is 1.40. The lowest BCUT2D eigenvalue weighted by Gasteiger charge is -2.22.